The van der Waals surface area contributed by atoms with E-state index >= 15 is 0 Å². The zero-order chi connectivity index (χ0) is 8.69. The molecule has 0 unspecified atom stereocenters. The van der Waals surface area contributed by atoms with Gasteiger partial charge in [0.15, 0.2) is 0 Å². The first kappa shape index (κ1) is 10.7. The Morgan fingerprint density at radius 3 is 2.64 bits per heavy atom. The summed E-state index contributed by atoms with van der Waals surface area (Å²) in [4.78, 5) is 0. The van der Waals surface area contributed by atoms with E-state index in [0.717, 1.165) is 0 Å². The highest BCUT2D eigenvalue weighted by atomic mass is 79.9. The minimum Gasteiger partial charge on any atom is -0.202 e. The van der Waals surface area contributed by atoms with E-state index in [9.17, 15) is 0 Å². The van der Waals surface area contributed by atoms with Gasteiger partial charge in [0.2, 0.25) is 0 Å². The van der Waals surface area contributed by atoms with Crippen LogP contribution in [0.25, 0.3) is 0 Å². The van der Waals surface area contributed by atoms with E-state index in [1.165, 1.54) is 22.2 Å². The number of rotatable bonds is 2. The highest BCUT2D eigenvalue weighted by Crippen LogP contribution is 2.24. The first-order chi connectivity index (χ1) is 5.34. The van der Waals surface area contributed by atoms with Crippen molar-refractivity contribution in [1.29, 1.82) is 5.26 Å². The summed E-state index contributed by atoms with van der Waals surface area (Å²) in [6, 6.07) is 2.18. The summed E-state index contributed by atoms with van der Waals surface area (Å²) in [5, 5.41) is 8.62. The Balaban J connectivity index is 0.000000461. The molecule has 0 spiro atoms. The van der Waals surface area contributed by atoms with Crippen molar-refractivity contribution in [1.82, 2.24) is 0 Å². The molecule has 0 amide bonds. The Hall–Kier alpha value is -0.330. The van der Waals surface area contributed by atoms with Crippen LogP contribution in [0.2, 0.25) is 0 Å². The maximum absolute atomic E-state index is 6.50. The van der Waals surface area contributed by atoms with E-state index < -0.39 is 0 Å². The molecule has 1 aromatic heterocycles. The van der Waals surface area contributed by atoms with Crippen molar-refractivity contribution < 1.29 is 0 Å². The molecule has 0 fully saturated rings. The average molecular weight is 232 g/mol. The third-order valence-electron chi connectivity index (χ3n) is 1.21. The van der Waals surface area contributed by atoms with Gasteiger partial charge < -0.3 is 0 Å². The van der Waals surface area contributed by atoms with E-state index in [0.29, 0.717) is 0 Å². The van der Waals surface area contributed by atoms with E-state index in [1.54, 1.807) is 11.3 Å². The third kappa shape index (κ3) is 3.54. The molecule has 0 radical (unpaired) electrons. The normalized spacial score (nSPS) is 8.36. The van der Waals surface area contributed by atoms with Gasteiger partial charge in [-0.2, -0.15) is 0 Å². The fourth-order valence-electron chi connectivity index (χ4n) is 0.768. The topological polar surface area (TPSA) is 23.8 Å². The van der Waals surface area contributed by atoms with Gasteiger partial charge in [-0.1, -0.05) is 13.3 Å². The van der Waals surface area contributed by atoms with Crippen molar-refractivity contribution in [3.05, 3.63) is 20.8 Å². The molecule has 60 valence electrons. The number of halogens is 1. The second-order valence-corrected chi connectivity index (χ2v) is 4.20. The Kier molecular flexibility index (Phi) is 6.19. The molecule has 0 aliphatic heterocycles. The summed E-state index contributed by atoms with van der Waals surface area (Å²) in [6.07, 6.45) is 2.43. The Morgan fingerprint density at radius 1 is 1.64 bits per heavy atom. The van der Waals surface area contributed by atoms with Gasteiger partial charge >= 0.3 is 0 Å². The van der Waals surface area contributed by atoms with E-state index in [-0.39, 0.29) is 0 Å². The molecular weight excluding hydrogens is 222 g/mol. The van der Waals surface area contributed by atoms with Crippen LogP contribution in [0.3, 0.4) is 0 Å². The summed E-state index contributed by atoms with van der Waals surface area (Å²) in [7, 11) is 0. The number of thiophene rings is 1. The Morgan fingerprint density at radius 2 is 2.27 bits per heavy atom. The third-order valence-corrected chi connectivity index (χ3v) is 3.02. The molecule has 0 aliphatic carbocycles. The maximum atomic E-state index is 6.50. The van der Waals surface area contributed by atoms with E-state index in [1.807, 2.05) is 0 Å². The van der Waals surface area contributed by atoms with Crippen LogP contribution in [0.1, 0.15) is 18.9 Å². The van der Waals surface area contributed by atoms with Gasteiger partial charge in [0.05, 0.1) is 3.79 Å². The van der Waals surface area contributed by atoms with Crippen LogP contribution in [0.5, 0.6) is 0 Å². The second-order valence-electron chi connectivity index (χ2n) is 1.97. The van der Waals surface area contributed by atoms with Gasteiger partial charge in [-0.25, -0.2) is 5.26 Å². The Labute approximate surface area is 79.8 Å². The number of hydrogen-bond acceptors (Lipinski definition) is 2. The zero-order valence-corrected chi connectivity index (χ0v) is 8.78. The number of nitrogens with zero attached hydrogens (tertiary/aromatic N) is 1. The van der Waals surface area contributed by atoms with Gasteiger partial charge in [0.1, 0.15) is 0 Å². The number of aryl methyl sites for hydroxylation is 1. The van der Waals surface area contributed by atoms with Crippen LogP contribution in [0.15, 0.2) is 15.2 Å². The lowest BCUT2D eigenvalue weighted by Crippen LogP contribution is -1.76. The molecule has 0 saturated carbocycles. The van der Waals surface area contributed by atoms with Gasteiger partial charge in [0, 0.05) is 6.57 Å². The monoisotopic (exact) mass is 231 g/mol. The highest BCUT2D eigenvalue weighted by molar-refractivity contribution is 9.11. The minimum absolute atomic E-state index is 1.20. The molecule has 0 aromatic carbocycles. The van der Waals surface area contributed by atoms with Gasteiger partial charge in [-0.15, -0.1) is 11.3 Å². The summed E-state index contributed by atoms with van der Waals surface area (Å²) in [6.45, 7) is 5.70. The summed E-state index contributed by atoms with van der Waals surface area (Å²) < 4.78 is 1.30. The van der Waals surface area contributed by atoms with Gasteiger partial charge in [0.25, 0.3) is 0 Å². The van der Waals surface area contributed by atoms with Crippen molar-refractivity contribution in [2.24, 2.45) is 0 Å². The fraction of sp³-hybridized carbons (Fsp3) is 0.375. The smallest absolute Gasteiger partial charge is 0.0730 e. The molecular formula is C8H10BrNS. The van der Waals surface area contributed by atoms with Crippen LogP contribution in [-0.4, -0.2) is 0 Å². The predicted octanol–water partition coefficient (Wildman–Crippen LogP) is 3.60. The summed E-state index contributed by atoms with van der Waals surface area (Å²) in [5.74, 6) is 0. The molecule has 0 aliphatic rings. The first-order valence-corrected chi connectivity index (χ1v) is 4.99. The summed E-state index contributed by atoms with van der Waals surface area (Å²) in [5.41, 5.74) is 1.45. The predicted molar refractivity (Wildman–Crippen MR) is 52.7 cm³/mol. The molecule has 1 rings (SSSR count). The summed E-state index contributed by atoms with van der Waals surface area (Å²) >= 11 is 5.25. The lowest BCUT2D eigenvalue weighted by atomic mass is 10.2. The van der Waals surface area contributed by atoms with Gasteiger partial charge in [-0.3, -0.25) is 0 Å². The van der Waals surface area contributed by atoms with Crippen LogP contribution in [-0.2, 0) is 6.42 Å². The maximum Gasteiger partial charge on any atom is 0.0730 e. The molecule has 11 heavy (non-hydrogen) atoms. The zero-order valence-electron chi connectivity index (χ0n) is 6.38. The van der Waals surface area contributed by atoms with Crippen molar-refractivity contribution in [2.45, 2.75) is 19.8 Å². The number of nitriles is 1. The Bertz CT molecular complexity index is 217. The molecule has 0 atom stereocenters. The van der Waals surface area contributed by atoms with Crippen LogP contribution < -0.4 is 0 Å². The molecule has 3 heteroatoms. The average Bonchev–Trinajstić information content (AvgIpc) is 2.42. The fourth-order valence-corrected chi connectivity index (χ4v) is 2.10. The van der Waals surface area contributed by atoms with Gasteiger partial charge in [-0.05, 0) is 39.4 Å². The number of hydrogen-bond donors (Lipinski definition) is 0. The van der Waals surface area contributed by atoms with Crippen LogP contribution in [0.4, 0.5) is 0 Å². The van der Waals surface area contributed by atoms with Crippen molar-refractivity contribution in [3.8, 4) is 6.57 Å². The van der Waals surface area contributed by atoms with E-state index in [4.69, 9.17) is 5.26 Å². The highest BCUT2D eigenvalue weighted by Gasteiger charge is 1.96. The van der Waals surface area contributed by atoms with Crippen molar-refractivity contribution in [3.63, 3.8) is 0 Å². The lowest BCUT2D eigenvalue weighted by molar-refractivity contribution is 0.923. The molecule has 0 N–H and O–H groups in total. The molecule has 0 bridgehead atoms. The molecule has 1 heterocycles. The SMILES string of the molecule is C#N.CCCc1ccsc1Br. The van der Waals surface area contributed by atoms with E-state index in [2.05, 4.69) is 40.9 Å². The van der Waals surface area contributed by atoms with Crippen LogP contribution >= 0.6 is 27.3 Å². The second kappa shape index (κ2) is 6.38. The lowest BCUT2D eigenvalue weighted by Gasteiger charge is -1.91. The molecule has 1 nitrogen and oxygen atoms in total. The molecule has 0 saturated heterocycles. The standard InChI is InChI=1S/C7H9BrS.CHN/c1-2-3-6-4-5-9-7(6)8;1-2/h4-5H,2-3H2,1H3;1H. The minimum atomic E-state index is 1.20. The quantitative estimate of drug-likeness (QED) is 0.764. The largest absolute Gasteiger partial charge is 0.202 e. The van der Waals surface area contributed by atoms with Crippen LogP contribution in [0, 0.1) is 11.8 Å². The molecule has 1 aromatic rings. The first-order valence-electron chi connectivity index (χ1n) is 3.32. The van der Waals surface area contributed by atoms with Crippen molar-refractivity contribution in [2.75, 3.05) is 0 Å². The van der Waals surface area contributed by atoms with Crippen molar-refractivity contribution >= 4 is 27.3 Å².